The Balaban J connectivity index is 1.96. The van der Waals surface area contributed by atoms with E-state index in [1.54, 1.807) is 18.2 Å². The lowest BCUT2D eigenvalue weighted by Gasteiger charge is -2.19. The Morgan fingerprint density at radius 2 is 2.08 bits per heavy atom. The van der Waals surface area contributed by atoms with Gasteiger partial charge in [-0.2, -0.15) is 8.68 Å². The molecule has 1 saturated heterocycles. The zero-order valence-corrected chi connectivity index (χ0v) is 15.3. The number of rotatable bonds is 6. The van der Waals surface area contributed by atoms with E-state index in [2.05, 4.69) is 14.7 Å². The molecule has 0 saturated carbocycles. The Morgan fingerprint density at radius 1 is 1.33 bits per heavy atom. The second kappa shape index (κ2) is 7.04. The van der Waals surface area contributed by atoms with Gasteiger partial charge in [-0.05, 0) is 44.9 Å². The molecule has 1 aromatic carbocycles. The van der Waals surface area contributed by atoms with E-state index in [4.69, 9.17) is 4.74 Å². The van der Waals surface area contributed by atoms with Crippen molar-refractivity contribution in [3.63, 3.8) is 0 Å². The molecule has 0 radical (unpaired) electrons. The molecule has 3 rings (SSSR count). The van der Waals surface area contributed by atoms with Crippen molar-refractivity contribution in [3.8, 4) is 5.75 Å². The Hall–Kier alpha value is -1.71. The number of nitrogens with one attached hydrogen (secondary N) is 1. The van der Waals surface area contributed by atoms with Crippen molar-refractivity contribution in [2.24, 2.45) is 0 Å². The van der Waals surface area contributed by atoms with Gasteiger partial charge in [-0.1, -0.05) is 0 Å². The molecule has 9 heteroatoms. The summed E-state index contributed by atoms with van der Waals surface area (Å²) in [5.74, 6) is 1.06. The molecule has 1 N–H and O–H groups in total. The highest BCUT2D eigenvalue weighted by Gasteiger charge is 2.30. The molecule has 0 bridgehead atoms. The second-order valence-corrected chi connectivity index (χ2v) is 8.14. The zero-order valence-electron chi connectivity index (χ0n) is 13.7. The normalized spacial score (nSPS) is 15.6. The average molecular weight is 368 g/mol. The van der Waals surface area contributed by atoms with Crippen LogP contribution in [-0.2, 0) is 10.0 Å². The van der Waals surface area contributed by atoms with Gasteiger partial charge < -0.3 is 10.1 Å². The average Bonchev–Trinajstić information content (AvgIpc) is 3.21. The quantitative estimate of drug-likeness (QED) is 0.844. The number of nitrogens with zero attached hydrogens (tertiary/aromatic N) is 3. The summed E-state index contributed by atoms with van der Waals surface area (Å²) < 4.78 is 37.0. The summed E-state index contributed by atoms with van der Waals surface area (Å²) >= 11 is 1.23. The first kappa shape index (κ1) is 17.1. The molecule has 2 aromatic rings. The topological polar surface area (TPSA) is 84.4 Å². The van der Waals surface area contributed by atoms with Crippen LogP contribution in [0.1, 0.15) is 25.6 Å². The minimum absolute atomic E-state index is 0.192. The number of aryl methyl sites for hydroxylation is 1. The van der Waals surface area contributed by atoms with Crippen molar-refractivity contribution in [1.29, 1.82) is 0 Å². The highest BCUT2D eigenvalue weighted by Crippen LogP contribution is 2.32. The third kappa shape index (κ3) is 3.52. The van der Waals surface area contributed by atoms with Crippen LogP contribution >= 0.6 is 11.5 Å². The van der Waals surface area contributed by atoms with E-state index in [0.717, 1.165) is 12.8 Å². The summed E-state index contributed by atoms with van der Waals surface area (Å²) in [5, 5.41) is 3.73. The van der Waals surface area contributed by atoms with Crippen molar-refractivity contribution in [2.45, 2.75) is 31.6 Å². The largest absolute Gasteiger partial charge is 0.492 e. The Labute approximate surface area is 145 Å². The standard InChI is InChI=1S/C15H20N4O3S2/c1-3-22-13-7-6-12(17-15-16-11(2)18-23-15)10-14(13)24(20,21)19-8-4-5-9-19/h6-7,10H,3-5,8-9H2,1-2H3,(H,16,17,18). The smallest absolute Gasteiger partial charge is 0.246 e. The minimum atomic E-state index is -3.57. The van der Waals surface area contributed by atoms with E-state index in [0.29, 0.717) is 42.1 Å². The molecule has 7 nitrogen and oxygen atoms in total. The van der Waals surface area contributed by atoms with Crippen LogP contribution in [0.25, 0.3) is 0 Å². The first-order chi connectivity index (χ1) is 11.5. The summed E-state index contributed by atoms with van der Waals surface area (Å²) in [6.07, 6.45) is 1.79. The van der Waals surface area contributed by atoms with E-state index >= 15 is 0 Å². The van der Waals surface area contributed by atoms with Crippen molar-refractivity contribution >= 4 is 32.4 Å². The molecule has 24 heavy (non-hydrogen) atoms. The number of aromatic nitrogens is 2. The van der Waals surface area contributed by atoms with Crippen LogP contribution in [0.3, 0.4) is 0 Å². The van der Waals surface area contributed by atoms with Crippen LogP contribution in [-0.4, -0.2) is 41.8 Å². The molecular weight excluding hydrogens is 348 g/mol. The molecule has 0 spiro atoms. The fraction of sp³-hybridized carbons (Fsp3) is 0.467. The third-order valence-electron chi connectivity index (χ3n) is 3.71. The van der Waals surface area contributed by atoms with Gasteiger partial charge in [0, 0.05) is 30.3 Å². The predicted octanol–water partition coefficient (Wildman–Crippen LogP) is 2.77. The summed E-state index contributed by atoms with van der Waals surface area (Å²) in [4.78, 5) is 4.43. The Kier molecular flexibility index (Phi) is 5.02. The minimum Gasteiger partial charge on any atom is -0.492 e. The van der Waals surface area contributed by atoms with Gasteiger partial charge in [0.05, 0.1) is 6.61 Å². The fourth-order valence-electron chi connectivity index (χ4n) is 2.60. The first-order valence-electron chi connectivity index (χ1n) is 7.85. The van der Waals surface area contributed by atoms with Crippen molar-refractivity contribution in [2.75, 3.05) is 25.0 Å². The molecule has 1 aliphatic rings. The molecule has 130 valence electrons. The highest BCUT2D eigenvalue weighted by molar-refractivity contribution is 7.89. The molecular formula is C15H20N4O3S2. The van der Waals surface area contributed by atoms with Gasteiger partial charge >= 0.3 is 0 Å². The van der Waals surface area contributed by atoms with Crippen LogP contribution in [0.5, 0.6) is 5.75 Å². The number of sulfonamides is 1. The van der Waals surface area contributed by atoms with E-state index in [1.807, 2.05) is 13.8 Å². The maximum absolute atomic E-state index is 12.9. The maximum Gasteiger partial charge on any atom is 0.246 e. The van der Waals surface area contributed by atoms with Crippen LogP contribution in [0.2, 0.25) is 0 Å². The summed E-state index contributed by atoms with van der Waals surface area (Å²) in [6.45, 7) is 5.17. The SMILES string of the molecule is CCOc1ccc(Nc2nc(C)ns2)cc1S(=O)(=O)N1CCCC1. The number of anilines is 2. The van der Waals surface area contributed by atoms with Gasteiger partial charge in [-0.25, -0.2) is 13.4 Å². The van der Waals surface area contributed by atoms with E-state index in [9.17, 15) is 8.42 Å². The summed E-state index contributed by atoms with van der Waals surface area (Å²) in [7, 11) is -3.57. The maximum atomic E-state index is 12.9. The summed E-state index contributed by atoms with van der Waals surface area (Å²) in [5.41, 5.74) is 0.646. The van der Waals surface area contributed by atoms with Crippen LogP contribution in [0.15, 0.2) is 23.1 Å². The van der Waals surface area contributed by atoms with E-state index in [-0.39, 0.29) is 4.90 Å². The third-order valence-corrected chi connectivity index (χ3v) is 6.35. The number of hydrogen-bond donors (Lipinski definition) is 1. The van der Waals surface area contributed by atoms with Gasteiger partial charge in [0.25, 0.3) is 0 Å². The molecule has 0 unspecified atom stereocenters. The van der Waals surface area contributed by atoms with Gasteiger partial charge in [0.2, 0.25) is 15.2 Å². The second-order valence-electron chi connectivity index (χ2n) is 5.48. The lowest BCUT2D eigenvalue weighted by Crippen LogP contribution is -2.28. The van der Waals surface area contributed by atoms with Gasteiger partial charge in [-0.3, -0.25) is 0 Å². The van der Waals surface area contributed by atoms with Crippen molar-refractivity contribution < 1.29 is 13.2 Å². The lowest BCUT2D eigenvalue weighted by atomic mass is 10.3. The molecule has 0 amide bonds. The monoisotopic (exact) mass is 368 g/mol. The molecule has 1 fully saturated rings. The van der Waals surface area contributed by atoms with Gasteiger partial charge in [0.15, 0.2) is 0 Å². The van der Waals surface area contributed by atoms with Gasteiger partial charge in [0.1, 0.15) is 16.5 Å². The Morgan fingerprint density at radius 3 is 2.71 bits per heavy atom. The molecule has 0 atom stereocenters. The number of ether oxygens (including phenoxy) is 1. The van der Waals surface area contributed by atoms with Gasteiger partial charge in [-0.15, -0.1) is 0 Å². The zero-order chi connectivity index (χ0) is 17.2. The van der Waals surface area contributed by atoms with Crippen molar-refractivity contribution in [3.05, 3.63) is 24.0 Å². The fourth-order valence-corrected chi connectivity index (χ4v) is 4.87. The van der Waals surface area contributed by atoms with E-state index < -0.39 is 10.0 Å². The first-order valence-corrected chi connectivity index (χ1v) is 10.1. The van der Waals surface area contributed by atoms with Crippen LogP contribution in [0, 0.1) is 6.92 Å². The number of hydrogen-bond acceptors (Lipinski definition) is 7. The highest BCUT2D eigenvalue weighted by atomic mass is 32.2. The van der Waals surface area contributed by atoms with Crippen LogP contribution < -0.4 is 10.1 Å². The van der Waals surface area contributed by atoms with Crippen LogP contribution in [0.4, 0.5) is 10.8 Å². The molecule has 1 aliphatic heterocycles. The molecule has 2 heterocycles. The number of benzene rings is 1. The summed E-state index contributed by atoms with van der Waals surface area (Å²) in [6, 6.07) is 5.07. The predicted molar refractivity (Wildman–Crippen MR) is 93.5 cm³/mol. The lowest BCUT2D eigenvalue weighted by molar-refractivity contribution is 0.330. The van der Waals surface area contributed by atoms with E-state index in [1.165, 1.54) is 15.8 Å². The van der Waals surface area contributed by atoms with Crippen molar-refractivity contribution in [1.82, 2.24) is 13.7 Å². The molecule has 1 aromatic heterocycles. The molecule has 0 aliphatic carbocycles. The Bertz CT molecular complexity index is 814.